The third-order valence-electron chi connectivity index (χ3n) is 1.47. The second-order valence-corrected chi connectivity index (χ2v) is 2.83. The highest BCUT2D eigenvalue weighted by molar-refractivity contribution is 5.14. The Morgan fingerprint density at radius 1 is 0.900 bits per heavy atom. The first kappa shape index (κ1) is 19.2. The van der Waals surface area contributed by atoms with Crippen LogP contribution in [-0.2, 0) is 0 Å². The van der Waals surface area contributed by atoms with Gasteiger partial charge in [-0.25, -0.2) is 9.97 Å². The topological polar surface area (TPSA) is 83.2 Å². The molecule has 0 fully saturated rings. The minimum absolute atomic E-state index is 1.43. The van der Waals surface area contributed by atoms with Crippen molar-refractivity contribution in [3.05, 3.63) is 50.6 Å². The Morgan fingerprint density at radius 3 is 1.30 bits per heavy atom. The van der Waals surface area contributed by atoms with E-state index in [1.165, 1.54) is 13.8 Å². The van der Waals surface area contributed by atoms with Crippen LogP contribution in [0.1, 0.15) is 13.8 Å². The zero-order valence-corrected chi connectivity index (χ0v) is 11.7. The van der Waals surface area contributed by atoms with Gasteiger partial charge in [-0.1, -0.05) is 13.2 Å². The van der Waals surface area contributed by atoms with Crippen LogP contribution in [0.2, 0.25) is 0 Å². The van der Waals surface area contributed by atoms with Crippen molar-refractivity contribution in [2.45, 2.75) is 13.8 Å². The highest BCUT2D eigenvalue weighted by atomic mass is 15.0. The first-order chi connectivity index (χ1) is 9.69. The summed E-state index contributed by atoms with van der Waals surface area (Å²) in [6.45, 7) is 9.91. The first-order valence-electron chi connectivity index (χ1n) is 5.51. The molecule has 20 heavy (non-hydrogen) atoms. The lowest BCUT2D eigenvalue weighted by atomic mass is 10.9. The van der Waals surface area contributed by atoms with Gasteiger partial charge in [0, 0.05) is 51.0 Å². The summed E-state index contributed by atoms with van der Waals surface area (Å²) in [6, 6.07) is 3.50. The van der Waals surface area contributed by atoms with Gasteiger partial charge in [-0.05, 0) is 0 Å². The van der Waals surface area contributed by atoms with Crippen molar-refractivity contribution >= 4 is 12.4 Å². The molecule has 2 heterocycles. The van der Waals surface area contributed by atoms with Crippen molar-refractivity contribution in [3.8, 4) is 12.1 Å². The van der Waals surface area contributed by atoms with E-state index in [2.05, 4.69) is 23.1 Å². The minimum Gasteiger partial charge on any atom is -0.314 e. The molecule has 0 aliphatic rings. The Labute approximate surface area is 119 Å². The first-order valence-corrected chi connectivity index (χ1v) is 5.51. The molecule has 104 valence electrons. The summed E-state index contributed by atoms with van der Waals surface area (Å²) in [6.07, 6.45) is 13.8. The number of nitriles is 2. The second-order valence-electron chi connectivity index (χ2n) is 2.83. The fourth-order valence-corrected chi connectivity index (χ4v) is 0.755. The number of hydrogen-bond donors (Lipinski definition) is 0. The van der Waals surface area contributed by atoms with Crippen LogP contribution in [0.25, 0.3) is 12.4 Å². The lowest BCUT2D eigenvalue weighted by Gasteiger charge is -1.80. The largest absolute Gasteiger partial charge is 0.314 e. The Hall–Kier alpha value is -3.12. The average Bonchev–Trinajstić information content (AvgIpc) is 3.14. The Morgan fingerprint density at radius 2 is 1.20 bits per heavy atom. The van der Waals surface area contributed by atoms with Gasteiger partial charge in [0.2, 0.25) is 0 Å². The smallest absolute Gasteiger partial charge is 0.0986 e. The van der Waals surface area contributed by atoms with Crippen LogP contribution in [-0.4, -0.2) is 19.1 Å². The van der Waals surface area contributed by atoms with Crippen LogP contribution >= 0.6 is 0 Å². The third-order valence-corrected chi connectivity index (χ3v) is 1.47. The van der Waals surface area contributed by atoms with Crippen molar-refractivity contribution in [2.24, 2.45) is 0 Å². The summed E-state index contributed by atoms with van der Waals surface area (Å²) in [7, 11) is 0. The maximum atomic E-state index is 7.32. The van der Waals surface area contributed by atoms with Gasteiger partial charge < -0.3 is 9.13 Å². The van der Waals surface area contributed by atoms with E-state index in [0.717, 1.165) is 0 Å². The molecule has 0 N–H and O–H groups in total. The molecule has 2 rings (SSSR count). The molecule has 0 bridgehead atoms. The summed E-state index contributed by atoms with van der Waals surface area (Å²) < 4.78 is 3.56. The lowest BCUT2D eigenvalue weighted by Crippen LogP contribution is -1.73. The molecule has 0 spiro atoms. The van der Waals surface area contributed by atoms with Crippen LogP contribution in [0, 0.1) is 22.7 Å². The van der Waals surface area contributed by atoms with E-state index >= 15 is 0 Å². The summed E-state index contributed by atoms with van der Waals surface area (Å²) in [4.78, 5) is 7.57. The monoisotopic (exact) mass is 270 g/mol. The molecule has 6 heteroatoms. The van der Waals surface area contributed by atoms with Crippen LogP contribution in [0.5, 0.6) is 0 Å². The van der Waals surface area contributed by atoms with E-state index in [-0.39, 0.29) is 0 Å². The average molecular weight is 270 g/mol. The SMILES string of the molecule is C=Cn1ccnc1.C=Cn1ccnc1.CC#N.CC#N. The quantitative estimate of drug-likeness (QED) is 0.839. The van der Waals surface area contributed by atoms with Gasteiger partial charge in [0.15, 0.2) is 0 Å². The summed E-state index contributed by atoms with van der Waals surface area (Å²) in [5.74, 6) is 0. The summed E-state index contributed by atoms with van der Waals surface area (Å²) >= 11 is 0. The van der Waals surface area contributed by atoms with Crippen molar-refractivity contribution in [3.63, 3.8) is 0 Å². The van der Waals surface area contributed by atoms with E-state index in [1.54, 1.807) is 58.7 Å². The van der Waals surface area contributed by atoms with Crippen molar-refractivity contribution < 1.29 is 0 Å². The fraction of sp³-hybridized carbons (Fsp3) is 0.143. The molecule has 2 aromatic heterocycles. The van der Waals surface area contributed by atoms with Crippen molar-refractivity contribution in [1.29, 1.82) is 10.5 Å². The summed E-state index contributed by atoms with van der Waals surface area (Å²) in [5.41, 5.74) is 0. The molecule has 0 saturated heterocycles. The van der Waals surface area contributed by atoms with Gasteiger partial charge in [0.1, 0.15) is 0 Å². The maximum absolute atomic E-state index is 7.32. The van der Waals surface area contributed by atoms with Gasteiger partial charge >= 0.3 is 0 Å². The molecular formula is C14H18N6. The maximum Gasteiger partial charge on any atom is 0.0986 e. The molecule has 0 radical (unpaired) electrons. The predicted molar refractivity (Wildman–Crippen MR) is 79.8 cm³/mol. The fourth-order valence-electron chi connectivity index (χ4n) is 0.755. The van der Waals surface area contributed by atoms with Crippen molar-refractivity contribution in [1.82, 2.24) is 19.1 Å². The molecule has 0 aliphatic heterocycles. The molecule has 0 unspecified atom stereocenters. The molecule has 0 amide bonds. The molecule has 0 aromatic carbocycles. The Balaban J connectivity index is 0. The van der Waals surface area contributed by atoms with Crippen LogP contribution < -0.4 is 0 Å². The number of nitrogens with zero attached hydrogens (tertiary/aromatic N) is 6. The third kappa shape index (κ3) is 12.9. The highest BCUT2D eigenvalue weighted by Gasteiger charge is 1.73. The summed E-state index contributed by atoms with van der Waals surface area (Å²) in [5, 5.41) is 14.6. The molecular weight excluding hydrogens is 252 g/mol. The number of imidazole rings is 2. The number of rotatable bonds is 2. The minimum atomic E-state index is 1.43. The Kier molecular flexibility index (Phi) is 15.3. The normalized spacial score (nSPS) is 6.80. The van der Waals surface area contributed by atoms with E-state index < -0.39 is 0 Å². The van der Waals surface area contributed by atoms with E-state index in [0.29, 0.717) is 0 Å². The van der Waals surface area contributed by atoms with Gasteiger partial charge in [-0.15, -0.1) is 0 Å². The standard InChI is InChI=1S/2C5H6N2.2C2H3N/c2*1-2-7-4-3-6-5-7;2*1-2-3/h2*2-5H,1H2;2*1H3. The number of aromatic nitrogens is 4. The lowest BCUT2D eigenvalue weighted by molar-refractivity contribution is 1.14. The van der Waals surface area contributed by atoms with Gasteiger partial charge in [-0.3, -0.25) is 0 Å². The zero-order chi connectivity index (χ0) is 15.6. The highest BCUT2D eigenvalue weighted by Crippen LogP contribution is 1.81. The molecule has 0 atom stereocenters. The van der Waals surface area contributed by atoms with Gasteiger partial charge in [0.05, 0.1) is 24.8 Å². The van der Waals surface area contributed by atoms with E-state index in [1.807, 2.05) is 12.4 Å². The van der Waals surface area contributed by atoms with Crippen LogP contribution in [0.3, 0.4) is 0 Å². The molecule has 0 saturated carbocycles. The van der Waals surface area contributed by atoms with Crippen molar-refractivity contribution in [2.75, 3.05) is 0 Å². The van der Waals surface area contributed by atoms with Crippen LogP contribution in [0.15, 0.2) is 50.6 Å². The molecule has 0 aliphatic carbocycles. The molecule has 2 aromatic rings. The number of hydrogen-bond acceptors (Lipinski definition) is 4. The predicted octanol–water partition coefficient (Wildman–Crippen LogP) is 3.03. The Bertz CT molecular complexity index is 461. The van der Waals surface area contributed by atoms with E-state index in [4.69, 9.17) is 10.5 Å². The van der Waals surface area contributed by atoms with E-state index in [9.17, 15) is 0 Å². The van der Waals surface area contributed by atoms with Gasteiger partial charge in [0.25, 0.3) is 0 Å². The van der Waals surface area contributed by atoms with Gasteiger partial charge in [-0.2, -0.15) is 10.5 Å². The molecule has 6 nitrogen and oxygen atoms in total. The zero-order valence-electron chi connectivity index (χ0n) is 11.7. The second kappa shape index (κ2) is 15.9. The van der Waals surface area contributed by atoms with Crippen LogP contribution in [0.4, 0.5) is 0 Å².